The molecule has 60 heavy (non-hydrogen) atoms. The number of aliphatic imine (C=N–C) groups is 1. The Kier molecular flexibility index (Phi) is 18.3. The van der Waals surface area contributed by atoms with Crippen LogP contribution in [0.3, 0.4) is 0 Å². The third-order valence-corrected chi connectivity index (χ3v) is 9.54. The highest BCUT2D eigenvalue weighted by molar-refractivity contribution is 6.01. The normalized spacial score (nSPS) is 13.9. The highest BCUT2D eigenvalue weighted by Crippen LogP contribution is 2.19. The molecule has 0 saturated carbocycles. The number of nitrogens with zero attached hydrogens (tertiary/aromatic N) is 1. The summed E-state index contributed by atoms with van der Waals surface area (Å²) in [6.45, 7) is 9.76. The van der Waals surface area contributed by atoms with E-state index in [2.05, 4.69) is 41.9 Å². The van der Waals surface area contributed by atoms with Crippen LogP contribution in [0.4, 0.5) is 0 Å². The quantitative estimate of drug-likeness (QED) is 0.0295. The molecule has 18 nitrogen and oxygen atoms in total. The number of amides is 6. The number of guanidine groups is 1. The molecule has 1 heterocycles. The van der Waals surface area contributed by atoms with Gasteiger partial charge < -0.3 is 53.5 Å². The van der Waals surface area contributed by atoms with Crippen LogP contribution in [-0.4, -0.2) is 94.2 Å². The fraction of sp³-hybridized carbons (Fsp3) is 0.429. The zero-order chi connectivity index (χ0) is 44.5. The van der Waals surface area contributed by atoms with Gasteiger partial charge in [0.1, 0.15) is 35.9 Å². The highest BCUT2D eigenvalue weighted by Gasteiger charge is 2.34. The topological polar surface area (TPSA) is 292 Å². The fourth-order valence-corrected chi connectivity index (χ4v) is 6.33. The number of nitrogens with one attached hydrogen (secondary N) is 7. The monoisotopic (exact) mass is 830 g/mol. The lowest BCUT2D eigenvalue weighted by Gasteiger charge is -2.29. The van der Waals surface area contributed by atoms with Crippen LogP contribution in [0.25, 0.3) is 10.9 Å². The Hall–Kier alpha value is -6.72. The molecule has 3 rings (SSSR count). The largest absolute Gasteiger partial charge is 0.480 e. The number of H-pyrrole nitrogens is 1. The number of hydrogen-bond donors (Lipinski definition) is 10. The van der Waals surface area contributed by atoms with E-state index in [-0.39, 0.29) is 49.8 Å². The van der Waals surface area contributed by atoms with Crippen molar-refractivity contribution < 1.29 is 38.7 Å². The zero-order valence-electron chi connectivity index (χ0n) is 34.8. The molecule has 0 aliphatic carbocycles. The van der Waals surface area contributed by atoms with E-state index in [1.165, 1.54) is 19.9 Å². The van der Waals surface area contributed by atoms with Crippen molar-refractivity contribution in [1.29, 1.82) is 0 Å². The zero-order valence-corrected chi connectivity index (χ0v) is 34.8. The van der Waals surface area contributed by atoms with Crippen LogP contribution in [0.5, 0.6) is 0 Å². The smallest absolute Gasteiger partial charge is 0.326 e. The maximum atomic E-state index is 14.0. The van der Waals surface area contributed by atoms with Crippen LogP contribution in [-0.2, 0) is 46.4 Å². The molecule has 0 aliphatic heterocycles. The van der Waals surface area contributed by atoms with E-state index in [0.717, 1.165) is 10.9 Å². The van der Waals surface area contributed by atoms with Crippen LogP contribution in [0.1, 0.15) is 65.5 Å². The third kappa shape index (κ3) is 14.6. The molecule has 324 valence electrons. The first-order valence-corrected chi connectivity index (χ1v) is 19.7. The minimum atomic E-state index is -1.35. The predicted octanol–water partition coefficient (Wildman–Crippen LogP) is 0.867. The molecule has 5 atom stereocenters. The second kappa shape index (κ2) is 23.0. The number of aliphatic carboxylic acids is 1. The number of rotatable bonds is 22. The first-order valence-electron chi connectivity index (χ1n) is 19.7. The van der Waals surface area contributed by atoms with Crippen molar-refractivity contribution in [1.82, 2.24) is 36.9 Å². The number of aromatic amines is 1. The lowest BCUT2D eigenvalue weighted by atomic mass is 9.99. The molecule has 2 aromatic carbocycles. The number of benzene rings is 2. The summed E-state index contributed by atoms with van der Waals surface area (Å²) in [7, 11) is 0. The molecule has 0 radical (unpaired) electrons. The molecular weight excluding hydrogens is 773 g/mol. The van der Waals surface area contributed by atoms with Gasteiger partial charge >= 0.3 is 5.97 Å². The van der Waals surface area contributed by atoms with Gasteiger partial charge in [-0.05, 0) is 48.8 Å². The summed E-state index contributed by atoms with van der Waals surface area (Å²) in [5, 5.41) is 26.6. The van der Waals surface area contributed by atoms with Crippen molar-refractivity contribution in [2.75, 3.05) is 6.54 Å². The van der Waals surface area contributed by atoms with E-state index >= 15 is 0 Å². The summed E-state index contributed by atoms with van der Waals surface area (Å²) in [6.07, 6.45) is 3.28. The van der Waals surface area contributed by atoms with E-state index in [9.17, 15) is 38.7 Å². The number of carbonyl (C=O) groups excluding carboxylic acids is 6. The Morgan fingerprint density at radius 2 is 1.33 bits per heavy atom. The lowest BCUT2D eigenvalue weighted by Crippen LogP contribution is -2.60. The summed E-state index contributed by atoms with van der Waals surface area (Å²) in [6, 6.07) is 10.2. The summed E-state index contributed by atoms with van der Waals surface area (Å²) in [5.41, 5.74) is 12.8. The summed E-state index contributed by atoms with van der Waals surface area (Å²) >= 11 is 0. The summed E-state index contributed by atoms with van der Waals surface area (Å²) < 4.78 is 0. The van der Waals surface area contributed by atoms with Crippen molar-refractivity contribution in [3.63, 3.8) is 0 Å². The number of allylic oxidation sites excluding steroid dienone is 1. The van der Waals surface area contributed by atoms with Gasteiger partial charge in [-0.1, -0.05) is 82.3 Å². The van der Waals surface area contributed by atoms with E-state index in [1.54, 1.807) is 64.2 Å². The lowest BCUT2D eigenvalue weighted by molar-refractivity contribution is -0.141. The van der Waals surface area contributed by atoms with Crippen molar-refractivity contribution in [3.05, 3.63) is 83.7 Å². The first kappa shape index (κ1) is 47.7. The molecule has 18 heteroatoms. The fourth-order valence-electron chi connectivity index (χ4n) is 6.33. The summed E-state index contributed by atoms with van der Waals surface area (Å²) in [4.78, 5) is 99.8. The van der Waals surface area contributed by atoms with Gasteiger partial charge in [0.15, 0.2) is 5.96 Å². The van der Waals surface area contributed by atoms with Crippen molar-refractivity contribution in [2.24, 2.45) is 28.3 Å². The van der Waals surface area contributed by atoms with Gasteiger partial charge in [0.05, 0.1) is 0 Å². The van der Waals surface area contributed by atoms with E-state index in [0.29, 0.717) is 11.1 Å². The number of carboxylic acid groups (broad SMARTS) is 1. The Bertz CT molecular complexity index is 2040. The number of carboxylic acids is 1. The van der Waals surface area contributed by atoms with Gasteiger partial charge in [0.2, 0.25) is 29.5 Å². The first-order chi connectivity index (χ1) is 28.4. The van der Waals surface area contributed by atoms with Crippen molar-refractivity contribution in [2.45, 2.75) is 97.4 Å². The number of fused-ring (bicyclic) bond motifs is 1. The van der Waals surface area contributed by atoms with Crippen LogP contribution < -0.4 is 43.4 Å². The predicted molar refractivity (Wildman–Crippen MR) is 227 cm³/mol. The van der Waals surface area contributed by atoms with Gasteiger partial charge in [0.25, 0.3) is 5.91 Å². The van der Waals surface area contributed by atoms with E-state index in [1.807, 2.05) is 24.3 Å². The Balaban J connectivity index is 1.82. The van der Waals surface area contributed by atoms with Gasteiger partial charge in [-0.25, -0.2) is 4.79 Å². The molecule has 0 fully saturated rings. The molecule has 5 unspecified atom stereocenters. The number of carbonyl (C=O) groups is 7. The van der Waals surface area contributed by atoms with Gasteiger partial charge in [0, 0.05) is 43.4 Å². The molecule has 0 saturated heterocycles. The molecule has 0 spiro atoms. The van der Waals surface area contributed by atoms with E-state index in [4.69, 9.17) is 11.5 Å². The molecule has 0 bridgehead atoms. The van der Waals surface area contributed by atoms with Crippen LogP contribution >= 0.6 is 0 Å². The third-order valence-electron chi connectivity index (χ3n) is 9.54. The van der Waals surface area contributed by atoms with Crippen LogP contribution in [0, 0.1) is 11.8 Å². The standard InChI is InChI=1S/C42H58N10O8/c1-7-29(36(54)51-33(41(59)60)21-27-22-46-30-17-12-11-16-28(27)30)48-38(56)32(20-26-14-9-8-10-15-26)50-40(58)35(24(4)5)52-37(55)31(18-13-19-45-42(43)44)49-39(57)34(23(2)3)47-25(6)53/h7-12,14-17,22-24,31-35,46H,13,18-21H2,1-6H3,(H,47,53)(H,48,56)(H,49,57)(H,50,58)(H,51,54)(H,52,55)(H,59,60)(H4,43,44,45). The van der Waals surface area contributed by atoms with Crippen molar-refractivity contribution >= 4 is 58.3 Å². The number of para-hydroxylation sites is 1. The van der Waals surface area contributed by atoms with Crippen LogP contribution in [0.2, 0.25) is 0 Å². The summed E-state index contributed by atoms with van der Waals surface area (Å²) in [5.74, 6) is -6.38. The minimum Gasteiger partial charge on any atom is -0.480 e. The van der Waals surface area contributed by atoms with Crippen molar-refractivity contribution in [3.8, 4) is 0 Å². The Morgan fingerprint density at radius 1 is 0.733 bits per heavy atom. The Morgan fingerprint density at radius 3 is 1.92 bits per heavy atom. The molecule has 0 aliphatic rings. The van der Waals surface area contributed by atoms with E-state index < -0.39 is 77.5 Å². The maximum Gasteiger partial charge on any atom is 0.326 e. The molecular formula is C42H58N10O8. The number of aromatic nitrogens is 1. The van der Waals surface area contributed by atoms with Crippen LogP contribution in [0.15, 0.2) is 77.6 Å². The maximum absolute atomic E-state index is 14.0. The second-order valence-corrected chi connectivity index (χ2v) is 15.0. The molecule has 1 aromatic heterocycles. The minimum absolute atomic E-state index is 0.0166. The Labute approximate surface area is 349 Å². The number of nitrogens with two attached hydrogens (primary N) is 2. The van der Waals surface area contributed by atoms with Gasteiger partial charge in [-0.3, -0.25) is 33.8 Å². The second-order valence-electron chi connectivity index (χ2n) is 15.0. The molecule has 12 N–H and O–H groups in total. The van der Waals surface area contributed by atoms with Gasteiger partial charge in [-0.15, -0.1) is 0 Å². The average Bonchev–Trinajstić information content (AvgIpc) is 3.60. The average molecular weight is 831 g/mol. The highest BCUT2D eigenvalue weighted by atomic mass is 16.4. The molecule has 3 aromatic rings. The molecule has 6 amide bonds. The number of hydrogen-bond acceptors (Lipinski definition) is 8. The van der Waals surface area contributed by atoms with Gasteiger partial charge in [-0.2, -0.15) is 0 Å². The SMILES string of the molecule is CC=C(NC(=O)C(Cc1ccccc1)NC(=O)C(NC(=O)C(CCCN=C(N)N)NC(=O)C(NC(C)=O)C(C)C)C(C)C)C(=O)NC(Cc1c[nH]c2ccccc12)C(=O)O.